The van der Waals surface area contributed by atoms with Crippen molar-refractivity contribution in [2.75, 3.05) is 0 Å². The molecular weight excluding hydrogens is 321 g/mol. The number of rotatable bonds is 1. The average Bonchev–Trinajstić information content (AvgIpc) is 2.79. The fourth-order valence-electron chi connectivity index (χ4n) is 2.22. The Kier molecular flexibility index (Phi) is 3.03. The normalized spacial score (nSPS) is 10.7. The lowest BCUT2D eigenvalue weighted by Crippen LogP contribution is -1.95. The van der Waals surface area contributed by atoms with E-state index in [0.29, 0.717) is 26.9 Å². The van der Waals surface area contributed by atoms with E-state index in [2.05, 4.69) is 27.0 Å². The van der Waals surface area contributed by atoms with Crippen molar-refractivity contribution in [3.05, 3.63) is 52.3 Å². The summed E-state index contributed by atoms with van der Waals surface area (Å²) >= 11 is 3.18. The molecule has 0 radical (unpaired) electrons. The summed E-state index contributed by atoms with van der Waals surface area (Å²) in [5, 5.41) is 9.12. The lowest BCUT2D eigenvalue weighted by atomic mass is 10.2. The summed E-state index contributed by atoms with van der Waals surface area (Å²) < 4.78 is 16.4. The highest BCUT2D eigenvalue weighted by molar-refractivity contribution is 9.10. The van der Waals surface area contributed by atoms with Gasteiger partial charge >= 0.3 is 0 Å². The molecule has 0 aliphatic rings. The SMILES string of the molecule is Cn1c(-c2cccc(Br)c2F)nc2c(C#N)cccc21. The summed E-state index contributed by atoms with van der Waals surface area (Å²) in [6.07, 6.45) is 0. The number of hydrogen-bond donors (Lipinski definition) is 0. The van der Waals surface area contributed by atoms with E-state index >= 15 is 0 Å². The Morgan fingerprint density at radius 3 is 2.75 bits per heavy atom. The Morgan fingerprint density at radius 1 is 1.25 bits per heavy atom. The first-order valence-corrected chi connectivity index (χ1v) is 6.72. The van der Waals surface area contributed by atoms with Crippen molar-refractivity contribution in [1.82, 2.24) is 9.55 Å². The summed E-state index contributed by atoms with van der Waals surface area (Å²) in [5.74, 6) is 0.144. The van der Waals surface area contributed by atoms with Gasteiger partial charge < -0.3 is 4.57 Å². The molecule has 1 heterocycles. The second kappa shape index (κ2) is 4.73. The van der Waals surface area contributed by atoms with Gasteiger partial charge in [0.05, 0.1) is 21.1 Å². The molecule has 0 unspecified atom stereocenters. The molecule has 3 rings (SSSR count). The second-order valence-electron chi connectivity index (χ2n) is 4.38. The number of benzene rings is 2. The topological polar surface area (TPSA) is 41.6 Å². The minimum atomic E-state index is -0.357. The molecule has 0 saturated carbocycles. The zero-order valence-corrected chi connectivity index (χ0v) is 12.1. The van der Waals surface area contributed by atoms with Crippen LogP contribution in [-0.4, -0.2) is 9.55 Å². The van der Waals surface area contributed by atoms with Crippen LogP contribution in [0.5, 0.6) is 0 Å². The summed E-state index contributed by atoms with van der Waals surface area (Å²) in [4.78, 5) is 4.43. The van der Waals surface area contributed by atoms with Crippen molar-refractivity contribution in [3.63, 3.8) is 0 Å². The van der Waals surface area contributed by atoms with Crippen LogP contribution in [0, 0.1) is 17.1 Å². The molecule has 1 aromatic heterocycles. The second-order valence-corrected chi connectivity index (χ2v) is 5.24. The molecule has 0 amide bonds. The van der Waals surface area contributed by atoms with E-state index in [0.717, 1.165) is 5.52 Å². The van der Waals surface area contributed by atoms with Crippen molar-refractivity contribution in [3.8, 4) is 17.5 Å². The number of aryl methyl sites for hydroxylation is 1. The van der Waals surface area contributed by atoms with E-state index in [4.69, 9.17) is 5.26 Å². The lowest BCUT2D eigenvalue weighted by molar-refractivity contribution is 0.622. The number of nitriles is 1. The lowest BCUT2D eigenvalue weighted by Gasteiger charge is -2.05. The van der Waals surface area contributed by atoms with Gasteiger partial charge in [-0.2, -0.15) is 5.26 Å². The van der Waals surface area contributed by atoms with Gasteiger partial charge in [-0.05, 0) is 40.2 Å². The number of hydrogen-bond acceptors (Lipinski definition) is 2. The molecule has 0 aliphatic carbocycles. The number of para-hydroxylation sites is 1. The molecule has 0 bridgehead atoms. The van der Waals surface area contributed by atoms with Gasteiger partial charge in [0.2, 0.25) is 0 Å². The number of fused-ring (bicyclic) bond motifs is 1. The third kappa shape index (κ3) is 1.81. The minimum Gasteiger partial charge on any atom is -0.327 e. The third-order valence-electron chi connectivity index (χ3n) is 3.22. The van der Waals surface area contributed by atoms with Crippen LogP contribution in [-0.2, 0) is 7.05 Å². The van der Waals surface area contributed by atoms with Gasteiger partial charge in [0.1, 0.15) is 23.2 Å². The zero-order chi connectivity index (χ0) is 14.3. The average molecular weight is 330 g/mol. The highest BCUT2D eigenvalue weighted by Gasteiger charge is 2.16. The van der Waals surface area contributed by atoms with E-state index in [1.54, 1.807) is 34.9 Å². The van der Waals surface area contributed by atoms with E-state index in [9.17, 15) is 4.39 Å². The Labute approximate surface area is 123 Å². The fraction of sp³-hybridized carbons (Fsp3) is 0.0667. The Morgan fingerprint density at radius 2 is 2.00 bits per heavy atom. The van der Waals surface area contributed by atoms with Crippen LogP contribution >= 0.6 is 15.9 Å². The summed E-state index contributed by atoms with van der Waals surface area (Å²) in [5.41, 5.74) is 2.28. The Bertz CT molecular complexity index is 861. The smallest absolute Gasteiger partial charge is 0.148 e. The quantitative estimate of drug-likeness (QED) is 0.676. The Balaban J connectivity index is 2.36. The predicted molar refractivity (Wildman–Crippen MR) is 78.5 cm³/mol. The Hall–Kier alpha value is -2.19. The molecule has 0 atom stereocenters. The molecule has 20 heavy (non-hydrogen) atoms. The maximum atomic E-state index is 14.2. The third-order valence-corrected chi connectivity index (χ3v) is 3.84. The molecule has 3 nitrogen and oxygen atoms in total. The van der Waals surface area contributed by atoms with Gasteiger partial charge in [0.15, 0.2) is 0 Å². The van der Waals surface area contributed by atoms with Crippen LogP contribution in [0.4, 0.5) is 4.39 Å². The number of aromatic nitrogens is 2. The van der Waals surface area contributed by atoms with Crippen LogP contribution < -0.4 is 0 Å². The molecule has 0 spiro atoms. The van der Waals surface area contributed by atoms with Crippen molar-refractivity contribution in [1.29, 1.82) is 5.26 Å². The molecule has 3 aromatic rings. The first kappa shape index (κ1) is 12.8. The molecule has 0 aliphatic heterocycles. The van der Waals surface area contributed by atoms with Crippen LogP contribution in [0.15, 0.2) is 40.9 Å². The van der Waals surface area contributed by atoms with Gasteiger partial charge in [-0.3, -0.25) is 0 Å². The highest BCUT2D eigenvalue weighted by Crippen LogP contribution is 2.30. The van der Waals surface area contributed by atoms with Crippen molar-refractivity contribution >= 4 is 27.0 Å². The van der Waals surface area contributed by atoms with Gasteiger partial charge in [-0.25, -0.2) is 9.37 Å². The molecule has 98 valence electrons. The number of imidazole rings is 1. The molecular formula is C15H9BrFN3. The summed E-state index contributed by atoms with van der Waals surface area (Å²) in [7, 11) is 1.81. The minimum absolute atomic E-state index is 0.357. The maximum Gasteiger partial charge on any atom is 0.148 e. The van der Waals surface area contributed by atoms with Crippen molar-refractivity contribution in [2.24, 2.45) is 7.05 Å². The van der Waals surface area contributed by atoms with Gasteiger partial charge in [0.25, 0.3) is 0 Å². The van der Waals surface area contributed by atoms with Crippen LogP contribution in [0.1, 0.15) is 5.56 Å². The van der Waals surface area contributed by atoms with Crippen LogP contribution in [0.3, 0.4) is 0 Å². The first-order chi connectivity index (χ1) is 9.63. The van der Waals surface area contributed by atoms with E-state index < -0.39 is 0 Å². The number of nitrogens with zero attached hydrogens (tertiary/aromatic N) is 3. The van der Waals surface area contributed by atoms with Crippen LogP contribution in [0.25, 0.3) is 22.4 Å². The zero-order valence-electron chi connectivity index (χ0n) is 10.6. The largest absolute Gasteiger partial charge is 0.327 e. The van der Waals surface area contributed by atoms with Crippen molar-refractivity contribution in [2.45, 2.75) is 0 Å². The monoisotopic (exact) mass is 329 g/mol. The number of halogens is 2. The van der Waals surface area contributed by atoms with Crippen LogP contribution in [0.2, 0.25) is 0 Å². The predicted octanol–water partition coefficient (Wildman–Crippen LogP) is 4.01. The molecule has 2 aromatic carbocycles. The molecule has 0 fully saturated rings. The highest BCUT2D eigenvalue weighted by atomic mass is 79.9. The fourth-order valence-corrected chi connectivity index (χ4v) is 2.59. The molecule has 5 heteroatoms. The van der Waals surface area contributed by atoms with E-state index in [-0.39, 0.29) is 5.82 Å². The van der Waals surface area contributed by atoms with E-state index in [1.807, 2.05) is 13.1 Å². The molecule has 0 saturated heterocycles. The maximum absolute atomic E-state index is 14.2. The standard InChI is InChI=1S/C15H9BrFN3/c1-20-12-7-2-4-9(8-18)14(12)19-15(20)10-5-3-6-11(16)13(10)17/h2-7H,1H3. The van der Waals surface area contributed by atoms with E-state index in [1.165, 1.54) is 0 Å². The van der Waals surface area contributed by atoms with Gasteiger partial charge in [-0.1, -0.05) is 12.1 Å². The van der Waals surface area contributed by atoms with Gasteiger partial charge in [0, 0.05) is 7.05 Å². The van der Waals surface area contributed by atoms with Gasteiger partial charge in [-0.15, -0.1) is 0 Å². The summed E-state index contributed by atoms with van der Waals surface area (Å²) in [6.45, 7) is 0. The molecule has 0 N–H and O–H groups in total. The first-order valence-electron chi connectivity index (χ1n) is 5.93. The van der Waals surface area contributed by atoms with Crippen molar-refractivity contribution < 1.29 is 4.39 Å². The summed E-state index contributed by atoms with van der Waals surface area (Å²) in [6, 6.07) is 12.5.